The van der Waals surface area contributed by atoms with Gasteiger partial charge in [0, 0.05) is 11.9 Å². The molecule has 0 fully saturated rings. The van der Waals surface area contributed by atoms with Crippen LogP contribution in [0.25, 0.3) is 0 Å². The van der Waals surface area contributed by atoms with Crippen molar-refractivity contribution in [3.63, 3.8) is 0 Å². The molecule has 0 atom stereocenters. The van der Waals surface area contributed by atoms with Crippen LogP contribution in [-0.4, -0.2) is 23.8 Å². The maximum absolute atomic E-state index is 3.87. The van der Waals surface area contributed by atoms with Gasteiger partial charge in [-0.05, 0) is 19.1 Å². The SMILES string of the molecule is [CH2]c1ccccn1.[LiH]. The summed E-state index contributed by atoms with van der Waals surface area (Å²) in [6.45, 7) is 3.61. The summed E-state index contributed by atoms with van der Waals surface area (Å²) in [6.07, 6.45) is 1.72. The van der Waals surface area contributed by atoms with Crippen LogP contribution in [0.3, 0.4) is 0 Å². The fourth-order valence-corrected chi connectivity index (χ4v) is 0.398. The Morgan fingerprint density at radius 1 is 1.38 bits per heavy atom. The molecular weight excluding hydrogens is 93.0 g/mol. The average Bonchev–Trinajstić information content (AvgIpc) is 1.69. The molecule has 0 saturated heterocycles. The molecule has 1 rings (SSSR count). The summed E-state index contributed by atoms with van der Waals surface area (Å²) in [7, 11) is 0. The van der Waals surface area contributed by atoms with Gasteiger partial charge in [-0.25, -0.2) is 0 Å². The molecule has 0 aromatic carbocycles. The van der Waals surface area contributed by atoms with Crippen LogP contribution in [-0.2, 0) is 0 Å². The van der Waals surface area contributed by atoms with E-state index in [-0.39, 0.29) is 18.9 Å². The van der Waals surface area contributed by atoms with Crippen molar-refractivity contribution in [1.29, 1.82) is 0 Å². The van der Waals surface area contributed by atoms with E-state index in [0.717, 1.165) is 5.69 Å². The van der Waals surface area contributed by atoms with E-state index in [1.807, 2.05) is 18.2 Å². The topological polar surface area (TPSA) is 12.9 Å². The van der Waals surface area contributed by atoms with Crippen molar-refractivity contribution in [2.45, 2.75) is 0 Å². The summed E-state index contributed by atoms with van der Waals surface area (Å²) >= 11 is 0. The van der Waals surface area contributed by atoms with Crippen LogP contribution >= 0.6 is 0 Å². The molecule has 0 aliphatic rings. The third kappa shape index (κ3) is 2.16. The number of hydrogen-bond acceptors (Lipinski definition) is 1. The summed E-state index contributed by atoms with van der Waals surface area (Å²) in [4.78, 5) is 3.87. The molecule has 2 heteroatoms. The zero-order chi connectivity index (χ0) is 5.11. The molecule has 8 heavy (non-hydrogen) atoms. The third-order valence-corrected chi connectivity index (χ3v) is 0.726. The van der Waals surface area contributed by atoms with E-state index in [9.17, 15) is 0 Å². The van der Waals surface area contributed by atoms with Gasteiger partial charge < -0.3 is 0 Å². The molecule has 1 heterocycles. The Labute approximate surface area is 61.3 Å². The molecule has 1 nitrogen and oxygen atoms in total. The van der Waals surface area contributed by atoms with Crippen molar-refractivity contribution in [2.24, 2.45) is 0 Å². The number of pyridine rings is 1. The number of nitrogens with zero attached hydrogens (tertiary/aromatic N) is 1. The summed E-state index contributed by atoms with van der Waals surface area (Å²) in [5.41, 5.74) is 0.822. The Bertz CT molecular complexity index is 138. The van der Waals surface area contributed by atoms with Crippen molar-refractivity contribution >= 4 is 18.9 Å². The Balaban J connectivity index is 0.000000490. The van der Waals surface area contributed by atoms with Gasteiger partial charge in [0.15, 0.2) is 0 Å². The number of hydrogen-bond donors (Lipinski definition) is 0. The summed E-state index contributed by atoms with van der Waals surface area (Å²) in [5, 5.41) is 0. The number of rotatable bonds is 0. The summed E-state index contributed by atoms with van der Waals surface area (Å²) in [5.74, 6) is 0. The Hall–Kier alpha value is -0.253. The van der Waals surface area contributed by atoms with Crippen LogP contribution in [0.5, 0.6) is 0 Å². The van der Waals surface area contributed by atoms with Crippen LogP contribution in [0.15, 0.2) is 24.4 Å². The summed E-state index contributed by atoms with van der Waals surface area (Å²) in [6, 6.07) is 5.64. The third-order valence-electron chi connectivity index (χ3n) is 0.726. The first-order valence-electron chi connectivity index (χ1n) is 2.12. The van der Waals surface area contributed by atoms with Gasteiger partial charge in [-0.1, -0.05) is 6.07 Å². The molecule has 37 valence electrons. The second kappa shape index (κ2) is 3.71. The quantitative estimate of drug-likeness (QED) is 0.435. The van der Waals surface area contributed by atoms with Crippen molar-refractivity contribution < 1.29 is 0 Å². The molecular formula is C6H7LiN. The second-order valence-electron chi connectivity index (χ2n) is 1.32. The predicted molar refractivity (Wildman–Crippen MR) is 35.8 cm³/mol. The predicted octanol–water partition coefficient (Wildman–Crippen LogP) is 0.615. The molecule has 1 aromatic rings. The van der Waals surface area contributed by atoms with Crippen molar-refractivity contribution in [3.8, 4) is 0 Å². The molecule has 0 bridgehead atoms. The van der Waals surface area contributed by atoms with E-state index in [4.69, 9.17) is 0 Å². The Morgan fingerprint density at radius 2 is 2.12 bits per heavy atom. The van der Waals surface area contributed by atoms with Crippen LogP contribution < -0.4 is 0 Å². The van der Waals surface area contributed by atoms with Gasteiger partial charge in [-0.3, -0.25) is 4.98 Å². The van der Waals surface area contributed by atoms with Gasteiger partial charge in [-0.2, -0.15) is 0 Å². The fourth-order valence-electron chi connectivity index (χ4n) is 0.398. The molecule has 0 aliphatic heterocycles. The molecule has 0 N–H and O–H groups in total. The van der Waals surface area contributed by atoms with E-state index in [2.05, 4.69) is 11.9 Å². The maximum atomic E-state index is 3.87. The van der Waals surface area contributed by atoms with Crippen molar-refractivity contribution in [3.05, 3.63) is 37.0 Å². The minimum atomic E-state index is 0. The first-order valence-corrected chi connectivity index (χ1v) is 2.12. The fraction of sp³-hybridized carbons (Fsp3) is 0. The Morgan fingerprint density at radius 3 is 2.38 bits per heavy atom. The standard InChI is InChI=1S/C6H6N.Li.H/c1-6-4-2-3-5-7-6;;/h2-5H,1H2;;. The van der Waals surface area contributed by atoms with Gasteiger partial charge in [-0.15, -0.1) is 0 Å². The van der Waals surface area contributed by atoms with E-state index < -0.39 is 0 Å². The van der Waals surface area contributed by atoms with Gasteiger partial charge in [0.1, 0.15) is 0 Å². The van der Waals surface area contributed by atoms with Gasteiger partial charge in [0.2, 0.25) is 0 Å². The average molecular weight is 100 g/mol. The molecule has 1 radical (unpaired) electrons. The van der Waals surface area contributed by atoms with Gasteiger partial charge >= 0.3 is 18.9 Å². The summed E-state index contributed by atoms with van der Waals surface area (Å²) < 4.78 is 0. The normalized spacial score (nSPS) is 7.62. The monoisotopic (exact) mass is 100 g/mol. The van der Waals surface area contributed by atoms with Crippen LogP contribution in [0, 0.1) is 6.92 Å². The van der Waals surface area contributed by atoms with E-state index in [1.165, 1.54) is 0 Å². The molecule has 0 spiro atoms. The molecule has 1 aromatic heterocycles. The van der Waals surface area contributed by atoms with E-state index >= 15 is 0 Å². The molecule has 0 aliphatic carbocycles. The number of aromatic nitrogens is 1. The van der Waals surface area contributed by atoms with Crippen molar-refractivity contribution in [1.82, 2.24) is 4.98 Å². The molecule has 0 saturated carbocycles. The molecule has 0 amide bonds. The Kier molecular flexibility index (Phi) is 3.60. The minimum absolute atomic E-state index is 0. The van der Waals surface area contributed by atoms with Crippen molar-refractivity contribution in [2.75, 3.05) is 0 Å². The van der Waals surface area contributed by atoms with E-state index in [1.54, 1.807) is 6.20 Å². The second-order valence-corrected chi connectivity index (χ2v) is 1.32. The first-order chi connectivity index (χ1) is 3.39. The molecule has 0 unspecified atom stereocenters. The first kappa shape index (κ1) is 7.75. The van der Waals surface area contributed by atoms with Crippen LogP contribution in [0.2, 0.25) is 0 Å². The van der Waals surface area contributed by atoms with Crippen LogP contribution in [0.4, 0.5) is 0 Å². The zero-order valence-electron chi connectivity index (χ0n) is 3.96. The van der Waals surface area contributed by atoms with Gasteiger partial charge in [0.05, 0.1) is 0 Å². The van der Waals surface area contributed by atoms with Crippen LogP contribution in [0.1, 0.15) is 5.69 Å². The van der Waals surface area contributed by atoms with E-state index in [0.29, 0.717) is 0 Å². The zero-order valence-corrected chi connectivity index (χ0v) is 3.96. The van der Waals surface area contributed by atoms with Gasteiger partial charge in [0.25, 0.3) is 0 Å².